The van der Waals surface area contributed by atoms with Gasteiger partial charge in [-0.2, -0.15) is 0 Å². The zero-order valence-electron chi connectivity index (χ0n) is 9.98. The van der Waals surface area contributed by atoms with Crippen LogP contribution in [0.5, 0.6) is 0 Å². The molecule has 3 nitrogen and oxygen atoms in total. The molecule has 1 fully saturated rings. The maximum Gasteiger partial charge on any atom is 0.259 e. The van der Waals surface area contributed by atoms with E-state index in [1.54, 1.807) is 6.08 Å². The van der Waals surface area contributed by atoms with Crippen LogP contribution in [0.1, 0.15) is 39.5 Å². The van der Waals surface area contributed by atoms with Crippen LogP contribution in [0.2, 0.25) is 0 Å². The van der Waals surface area contributed by atoms with Crippen LogP contribution in [-0.2, 0) is 9.47 Å². The summed E-state index contributed by atoms with van der Waals surface area (Å²) >= 11 is 0. The lowest BCUT2D eigenvalue weighted by atomic mass is 9.71. The van der Waals surface area contributed by atoms with Crippen molar-refractivity contribution in [3.05, 3.63) is 24.7 Å². The van der Waals surface area contributed by atoms with E-state index in [1.807, 2.05) is 6.08 Å². The minimum Gasteiger partial charge on any atom is -0.456 e. The van der Waals surface area contributed by atoms with Gasteiger partial charge in [0.2, 0.25) is 0 Å². The monoisotopic (exact) mass is 224 g/mol. The molecular formula is C13H20O3. The van der Waals surface area contributed by atoms with Crippen molar-refractivity contribution in [3.8, 4) is 0 Å². The highest BCUT2D eigenvalue weighted by atomic mass is 16.7. The number of hydrogen-bond acceptors (Lipinski definition) is 3. The molecule has 1 aliphatic heterocycles. The van der Waals surface area contributed by atoms with Crippen LogP contribution in [0.3, 0.4) is 0 Å². The molecular weight excluding hydrogens is 204 g/mol. The van der Waals surface area contributed by atoms with Crippen LogP contribution >= 0.6 is 0 Å². The summed E-state index contributed by atoms with van der Waals surface area (Å²) in [4.78, 5) is 0. The summed E-state index contributed by atoms with van der Waals surface area (Å²) in [5, 5.41) is 10.3. The average molecular weight is 224 g/mol. The summed E-state index contributed by atoms with van der Waals surface area (Å²) in [6, 6.07) is 0. The zero-order valence-corrected chi connectivity index (χ0v) is 9.98. The van der Waals surface area contributed by atoms with Crippen molar-refractivity contribution in [1.82, 2.24) is 0 Å². The lowest BCUT2D eigenvalue weighted by Gasteiger charge is -2.38. The summed E-state index contributed by atoms with van der Waals surface area (Å²) in [6.45, 7) is 4.51. The molecule has 0 aromatic heterocycles. The Balaban J connectivity index is 1.89. The normalized spacial score (nSPS) is 27.9. The molecule has 0 spiro atoms. The molecule has 0 radical (unpaired) electrons. The average Bonchev–Trinajstić information content (AvgIpc) is 2.74. The van der Waals surface area contributed by atoms with E-state index in [0.717, 1.165) is 25.7 Å². The van der Waals surface area contributed by atoms with Crippen molar-refractivity contribution < 1.29 is 14.6 Å². The van der Waals surface area contributed by atoms with E-state index in [0.29, 0.717) is 5.41 Å². The van der Waals surface area contributed by atoms with Crippen molar-refractivity contribution in [3.63, 3.8) is 0 Å². The van der Waals surface area contributed by atoms with E-state index < -0.39 is 5.60 Å². The van der Waals surface area contributed by atoms with Gasteiger partial charge in [-0.1, -0.05) is 13.8 Å². The topological polar surface area (TPSA) is 38.7 Å². The van der Waals surface area contributed by atoms with E-state index in [1.165, 1.54) is 12.5 Å². The number of hydrogen-bond donors (Lipinski definition) is 1. The molecule has 0 aromatic carbocycles. The number of ether oxygens (including phenoxy) is 2. The molecule has 0 bridgehead atoms. The van der Waals surface area contributed by atoms with Gasteiger partial charge in [-0.3, -0.25) is 0 Å². The van der Waals surface area contributed by atoms with E-state index in [-0.39, 0.29) is 6.29 Å². The predicted octanol–water partition coefficient (Wildman–Crippen LogP) is 2.72. The summed E-state index contributed by atoms with van der Waals surface area (Å²) < 4.78 is 10.3. The molecule has 0 saturated heterocycles. The van der Waals surface area contributed by atoms with Crippen LogP contribution in [-0.4, -0.2) is 17.0 Å². The van der Waals surface area contributed by atoms with Crippen LogP contribution in [0, 0.1) is 5.41 Å². The molecule has 0 amide bonds. The van der Waals surface area contributed by atoms with Gasteiger partial charge < -0.3 is 14.6 Å². The third-order valence-corrected chi connectivity index (χ3v) is 3.51. The summed E-state index contributed by atoms with van der Waals surface area (Å²) in [7, 11) is 0. The van der Waals surface area contributed by atoms with Gasteiger partial charge >= 0.3 is 0 Å². The molecule has 16 heavy (non-hydrogen) atoms. The molecule has 0 unspecified atom stereocenters. The smallest absolute Gasteiger partial charge is 0.259 e. The van der Waals surface area contributed by atoms with Gasteiger partial charge in [-0.15, -0.1) is 0 Å². The van der Waals surface area contributed by atoms with E-state index in [4.69, 9.17) is 9.47 Å². The molecule has 1 heterocycles. The second-order valence-electron chi connectivity index (χ2n) is 5.54. The quantitative estimate of drug-likeness (QED) is 0.733. The minimum absolute atomic E-state index is 0.362. The van der Waals surface area contributed by atoms with Crippen molar-refractivity contribution in [2.24, 2.45) is 5.41 Å². The Morgan fingerprint density at radius 2 is 1.69 bits per heavy atom. The maximum atomic E-state index is 10.3. The Labute approximate surface area is 96.7 Å². The van der Waals surface area contributed by atoms with Gasteiger partial charge in [0.05, 0.1) is 5.60 Å². The van der Waals surface area contributed by atoms with Crippen LogP contribution < -0.4 is 0 Å². The first-order valence-electron chi connectivity index (χ1n) is 5.87. The highest BCUT2D eigenvalue weighted by Gasteiger charge is 2.34. The minimum atomic E-state index is -0.676. The van der Waals surface area contributed by atoms with E-state index in [2.05, 4.69) is 13.8 Å². The van der Waals surface area contributed by atoms with Crippen molar-refractivity contribution in [2.75, 3.05) is 0 Å². The van der Waals surface area contributed by atoms with Crippen molar-refractivity contribution in [2.45, 2.75) is 51.4 Å². The van der Waals surface area contributed by atoms with Crippen molar-refractivity contribution in [1.29, 1.82) is 0 Å². The number of rotatable bonds is 2. The summed E-state index contributed by atoms with van der Waals surface area (Å²) in [5.41, 5.74) is -0.313. The fourth-order valence-electron chi connectivity index (χ4n) is 2.13. The molecule has 90 valence electrons. The first-order valence-corrected chi connectivity index (χ1v) is 5.87. The standard InChI is InChI=1S/C13H20O3/c1-12(2)5-7-13(14,8-6-12)4-3-11-15-9-10-16-11/h3-4,9-11,14H,5-8H2,1-2H3. The van der Waals surface area contributed by atoms with Gasteiger partial charge in [0.25, 0.3) is 6.29 Å². The van der Waals surface area contributed by atoms with Gasteiger partial charge in [0.1, 0.15) is 12.5 Å². The highest BCUT2D eigenvalue weighted by Crippen LogP contribution is 2.40. The second-order valence-corrected chi connectivity index (χ2v) is 5.54. The third-order valence-electron chi connectivity index (χ3n) is 3.51. The van der Waals surface area contributed by atoms with Gasteiger partial charge in [0.15, 0.2) is 0 Å². The Hall–Kier alpha value is -0.960. The molecule has 1 saturated carbocycles. The Bertz CT molecular complexity index is 286. The Morgan fingerprint density at radius 1 is 1.12 bits per heavy atom. The molecule has 1 aliphatic carbocycles. The predicted molar refractivity (Wildman–Crippen MR) is 61.4 cm³/mol. The molecule has 0 aromatic rings. The van der Waals surface area contributed by atoms with Crippen LogP contribution in [0.15, 0.2) is 24.7 Å². The zero-order chi connectivity index (χ0) is 11.6. The third kappa shape index (κ3) is 2.79. The second kappa shape index (κ2) is 4.13. The molecule has 3 heteroatoms. The SMILES string of the molecule is CC1(C)CCC(O)(C=CC2OC=CO2)CC1. The largest absolute Gasteiger partial charge is 0.456 e. The van der Waals surface area contributed by atoms with Gasteiger partial charge in [-0.05, 0) is 43.3 Å². The Morgan fingerprint density at radius 3 is 2.25 bits per heavy atom. The van der Waals surface area contributed by atoms with Gasteiger partial charge in [-0.25, -0.2) is 0 Å². The first kappa shape index (κ1) is 11.5. The van der Waals surface area contributed by atoms with Crippen LogP contribution in [0.4, 0.5) is 0 Å². The fourth-order valence-corrected chi connectivity index (χ4v) is 2.13. The molecule has 1 N–H and O–H groups in total. The first-order chi connectivity index (χ1) is 7.49. The van der Waals surface area contributed by atoms with Crippen LogP contribution in [0.25, 0.3) is 0 Å². The maximum absolute atomic E-state index is 10.3. The number of aliphatic hydroxyl groups is 1. The van der Waals surface area contributed by atoms with Crippen molar-refractivity contribution >= 4 is 0 Å². The summed E-state index contributed by atoms with van der Waals surface area (Å²) in [5.74, 6) is 0. The lowest BCUT2D eigenvalue weighted by Crippen LogP contribution is -2.35. The molecule has 0 atom stereocenters. The van der Waals surface area contributed by atoms with Gasteiger partial charge in [0, 0.05) is 0 Å². The van der Waals surface area contributed by atoms with E-state index in [9.17, 15) is 5.11 Å². The summed E-state index contributed by atoms with van der Waals surface area (Å²) in [6.07, 6.45) is 10.0. The lowest BCUT2D eigenvalue weighted by molar-refractivity contribution is 0.00251. The fraction of sp³-hybridized carbons (Fsp3) is 0.692. The molecule has 2 aliphatic rings. The molecule has 2 rings (SSSR count). The Kier molecular flexibility index (Phi) is 2.98. The van der Waals surface area contributed by atoms with E-state index >= 15 is 0 Å². The highest BCUT2D eigenvalue weighted by molar-refractivity contribution is 5.06.